The molecule has 0 aliphatic carbocycles. The molecule has 34 heavy (non-hydrogen) atoms. The predicted octanol–water partition coefficient (Wildman–Crippen LogP) is 5.58. The van der Waals surface area contributed by atoms with Crippen molar-refractivity contribution in [2.45, 2.75) is 33.4 Å². The maximum absolute atomic E-state index is 14.3. The van der Waals surface area contributed by atoms with E-state index in [2.05, 4.69) is 4.98 Å². The van der Waals surface area contributed by atoms with Crippen LogP contribution in [0.3, 0.4) is 0 Å². The summed E-state index contributed by atoms with van der Waals surface area (Å²) in [6, 6.07) is 14.7. The Hall–Kier alpha value is -3.71. The molecule has 0 spiro atoms. The highest BCUT2D eigenvalue weighted by atomic mass is 35.5. The molecule has 174 valence electrons. The van der Waals surface area contributed by atoms with Crippen molar-refractivity contribution in [2.24, 2.45) is 0 Å². The Morgan fingerprint density at radius 3 is 2.50 bits per heavy atom. The average Bonchev–Trinajstić information content (AvgIpc) is 3.06. The number of benzene rings is 2. The molecular weight excluding hydrogens is 459 g/mol. The summed E-state index contributed by atoms with van der Waals surface area (Å²) in [6.45, 7) is 5.32. The Bertz CT molecular complexity index is 1410. The Labute approximate surface area is 200 Å². The maximum Gasteiger partial charge on any atom is 0.344 e. The van der Waals surface area contributed by atoms with Crippen LogP contribution in [-0.4, -0.2) is 32.5 Å². The van der Waals surface area contributed by atoms with Gasteiger partial charge in [-0.15, -0.1) is 0 Å². The van der Waals surface area contributed by atoms with Gasteiger partial charge in [0.1, 0.15) is 5.65 Å². The fraction of sp³-hybridized carbons (Fsp3) is 0.192. The molecule has 1 N–H and O–H groups in total. The lowest BCUT2D eigenvalue weighted by Gasteiger charge is -2.14. The summed E-state index contributed by atoms with van der Waals surface area (Å²) in [7, 11) is 0. The minimum Gasteiger partial charge on any atom is -0.479 e. The summed E-state index contributed by atoms with van der Waals surface area (Å²) >= 11 is 5.98. The third kappa shape index (κ3) is 4.52. The Kier molecular flexibility index (Phi) is 6.39. The van der Waals surface area contributed by atoms with Crippen LogP contribution in [0, 0.1) is 19.7 Å². The van der Waals surface area contributed by atoms with Gasteiger partial charge in [-0.05, 0) is 74.9 Å². The number of hydrogen-bond donors (Lipinski definition) is 1. The number of rotatable bonds is 7. The molecule has 2 aromatic carbocycles. The van der Waals surface area contributed by atoms with Crippen molar-refractivity contribution < 1.29 is 23.8 Å². The summed E-state index contributed by atoms with van der Waals surface area (Å²) in [4.78, 5) is 29.2. The number of hydrogen-bond acceptors (Lipinski definition) is 4. The number of pyridine rings is 1. The molecule has 8 heteroatoms. The molecule has 2 aromatic heterocycles. The van der Waals surface area contributed by atoms with Crippen molar-refractivity contribution in [3.63, 3.8) is 0 Å². The first kappa shape index (κ1) is 23.4. The average molecular weight is 481 g/mol. The van der Waals surface area contributed by atoms with Crippen LogP contribution in [-0.2, 0) is 11.3 Å². The number of fused-ring (bicyclic) bond motifs is 1. The van der Waals surface area contributed by atoms with Gasteiger partial charge in [0.25, 0.3) is 0 Å². The van der Waals surface area contributed by atoms with Crippen LogP contribution in [0.25, 0.3) is 11.0 Å². The standard InChI is InChI=1S/C26H22ClFN2O4/c1-14-4-10-20-23(24(31)18-6-8-19(27)9-7-18)15(2)30(25(20)29-14)13-17-5-11-21(28)22(12-17)34-16(3)26(32)33/h4-12,16H,13H2,1-3H3,(H,32,33)/t16-/m0/s1. The molecule has 0 unspecified atom stereocenters. The van der Waals surface area contributed by atoms with Crippen molar-refractivity contribution in [2.75, 3.05) is 0 Å². The van der Waals surface area contributed by atoms with Crippen molar-refractivity contribution in [3.8, 4) is 5.75 Å². The van der Waals surface area contributed by atoms with Crippen LogP contribution in [0.1, 0.15) is 39.8 Å². The molecule has 0 radical (unpaired) electrons. The number of halogens is 2. The van der Waals surface area contributed by atoms with Crippen LogP contribution in [0.4, 0.5) is 4.39 Å². The Balaban J connectivity index is 1.79. The zero-order valence-corrected chi connectivity index (χ0v) is 19.6. The zero-order valence-electron chi connectivity index (χ0n) is 18.8. The van der Waals surface area contributed by atoms with E-state index in [1.165, 1.54) is 19.1 Å². The van der Waals surface area contributed by atoms with Crippen molar-refractivity contribution in [3.05, 3.63) is 93.5 Å². The van der Waals surface area contributed by atoms with Gasteiger partial charge in [0.05, 0.1) is 5.56 Å². The van der Waals surface area contributed by atoms with Gasteiger partial charge in [-0.2, -0.15) is 0 Å². The lowest BCUT2D eigenvalue weighted by atomic mass is 10.0. The van der Waals surface area contributed by atoms with E-state index < -0.39 is 17.9 Å². The number of ether oxygens (including phenoxy) is 1. The first-order valence-electron chi connectivity index (χ1n) is 10.6. The summed E-state index contributed by atoms with van der Waals surface area (Å²) in [6.07, 6.45) is -1.20. The highest BCUT2D eigenvalue weighted by molar-refractivity contribution is 6.30. The number of aromatic nitrogens is 2. The monoisotopic (exact) mass is 480 g/mol. The van der Waals surface area contributed by atoms with Gasteiger partial charge in [0.15, 0.2) is 23.5 Å². The molecule has 0 saturated heterocycles. The first-order chi connectivity index (χ1) is 16.2. The molecule has 4 rings (SSSR count). The summed E-state index contributed by atoms with van der Waals surface area (Å²) < 4.78 is 21.4. The fourth-order valence-corrected chi connectivity index (χ4v) is 3.94. The van der Waals surface area contributed by atoms with Gasteiger partial charge >= 0.3 is 5.97 Å². The predicted molar refractivity (Wildman–Crippen MR) is 127 cm³/mol. The highest BCUT2D eigenvalue weighted by Gasteiger charge is 2.23. The highest BCUT2D eigenvalue weighted by Crippen LogP contribution is 2.29. The molecule has 0 aliphatic heterocycles. The third-order valence-corrected chi connectivity index (χ3v) is 5.88. The lowest BCUT2D eigenvalue weighted by molar-refractivity contribution is -0.144. The number of carbonyl (C=O) groups excluding carboxylic acids is 1. The first-order valence-corrected chi connectivity index (χ1v) is 11.0. The van der Waals surface area contributed by atoms with Crippen LogP contribution < -0.4 is 4.74 Å². The second kappa shape index (κ2) is 9.27. The second-order valence-electron chi connectivity index (χ2n) is 8.07. The van der Waals surface area contributed by atoms with Crippen LogP contribution in [0.5, 0.6) is 5.75 Å². The minimum atomic E-state index is -1.20. The van der Waals surface area contributed by atoms with Crippen LogP contribution in [0.15, 0.2) is 54.6 Å². The largest absolute Gasteiger partial charge is 0.479 e. The molecule has 0 saturated carbocycles. The van der Waals surface area contributed by atoms with E-state index in [-0.39, 0.29) is 18.1 Å². The number of aliphatic carboxylic acids is 1. The van der Waals surface area contributed by atoms with Crippen molar-refractivity contribution in [1.29, 1.82) is 0 Å². The fourth-order valence-electron chi connectivity index (χ4n) is 3.82. The molecule has 0 bridgehead atoms. The molecule has 0 aliphatic rings. The minimum absolute atomic E-state index is 0.150. The molecule has 4 aromatic rings. The summed E-state index contributed by atoms with van der Waals surface area (Å²) in [5.41, 5.74) is 3.83. The number of carboxylic acid groups (broad SMARTS) is 1. The zero-order chi connectivity index (χ0) is 24.6. The van der Waals surface area contributed by atoms with Crippen molar-refractivity contribution >= 4 is 34.4 Å². The van der Waals surface area contributed by atoms with Crippen molar-refractivity contribution in [1.82, 2.24) is 9.55 Å². The lowest BCUT2D eigenvalue weighted by Crippen LogP contribution is -2.23. The van der Waals surface area contributed by atoms with Gasteiger partial charge in [-0.25, -0.2) is 14.2 Å². The summed E-state index contributed by atoms with van der Waals surface area (Å²) in [5, 5.41) is 10.3. The number of aryl methyl sites for hydroxylation is 1. The molecule has 2 heterocycles. The normalized spacial score (nSPS) is 12.0. The van der Waals surface area contributed by atoms with Crippen LogP contribution in [0.2, 0.25) is 5.02 Å². The van der Waals surface area contributed by atoms with Gasteiger partial charge < -0.3 is 14.4 Å². The quantitative estimate of drug-likeness (QED) is 0.349. The van der Waals surface area contributed by atoms with Gasteiger partial charge in [-0.3, -0.25) is 4.79 Å². The third-order valence-electron chi connectivity index (χ3n) is 5.63. The number of ketones is 1. The molecular formula is C26H22ClFN2O4. The van der Waals surface area contributed by atoms with Gasteiger partial charge in [0, 0.05) is 33.9 Å². The van der Waals surface area contributed by atoms with Gasteiger partial charge in [0.2, 0.25) is 0 Å². The second-order valence-corrected chi connectivity index (χ2v) is 8.51. The number of nitrogens with zero attached hydrogens (tertiary/aromatic N) is 2. The molecule has 1 atom stereocenters. The smallest absolute Gasteiger partial charge is 0.344 e. The van der Waals surface area contributed by atoms with E-state index in [4.69, 9.17) is 21.4 Å². The molecule has 0 fully saturated rings. The van der Waals surface area contributed by atoms with E-state index in [1.807, 2.05) is 30.5 Å². The maximum atomic E-state index is 14.3. The van der Waals surface area contributed by atoms with E-state index in [0.717, 1.165) is 5.69 Å². The van der Waals surface area contributed by atoms with E-state index >= 15 is 0 Å². The molecule has 0 amide bonds. The van der Waals surface area contributed by atoms with Crippen LogP contribution >= 0.6 is 11.6 Å². The van der Waals surface area contributed by atoms with E-state index in [0.29, 0.717) is 38.4 Å². The Morgan fingerprint density at radius 2 is 1.82 bits per heavy atom. The number of carbonyl (C=O) groups is 2. The summed E-state index contributed by atoms with van der Waals surface area (Å²) in [5.74, 6) is -2.15. The van der Waals surface area contributed by atoms with E-state index in [1.54, 1.807) is 30.3 Å². The van der Waals surface area contributed by atoms with E-state index in [9.17, 15) is 14.0 Å². The number of carboxylic acids is 1. The SMILES string of the molecule is Cc1ccc2c(C(=O)c3ccc(Cl)cc3)c(C)n(Cc3ccc(F)c(O[C@@H](C)C(=O)O)c3)c2n1. The van der Waals surface area contributed by atoms with Gasteiger partial charge in [-0.1, -0.05) is 17.7 Å². The molecule has 6 nitrogen and oxygen atoms in total. The Morgan fingerprint density at radius 1 is 1.12 bits per heavy atom. The topological polar surface area (TPSA) is 81.4 Å².